The molecule has 0 aromatic heterocycles. The Morgan fingerprint density at radius 1 is 1.28 bits per heavy atom. The molecule has 102 valence electrons. The number of aliphatic carboxylic acids is 1. The van der Waals surface area contributed by atoms with Crippen LogP contribution in [0.2, 0.25) is 0 Å². The fourth-order valence-corrected chi connectivity index (χ4v) is 2.02. The molecular formula is C15H23O3-. The van der Waals surface area contributed by atoms with Crippen molar-refractivity contribution in [1.29, 1.82) is 0 Å². The third-order valence-corrected chi connectivity index (χ3v) is 3.36. The maximum atomic E-state index is 10.3. The molecule has 0 spiro atoms. The highest BCUT2D eigenvalue weighted by Gasteiger charge is 2.46. The van der Waals surface area contributed by atoms with Gasteiger partial charge in [-0.2, -0.15) is 0 Å². The summed E-state index contributed by atoms with van der Waals surface area (Å²) in [5, 5.41) is 10.3. The van der Waals surface area contributed by atoms with Crippen LogP contribution in [0, 0.1) is 0 Å². The number of carboxylic acids is 1. The van der Waals surface area contributed by atoms with Gasteiger partial charge in [-0.15, -0.1) is 0 Å². The summed E-state index contributed by atoms with van der Waals surface area (Å²) in [5.41, 5.74) is 2.28. The molecule has 0 saturated carbocycles. The molecule has 0 bridgehead atoms. The molecule has 1 saturated heterocycles. The summed E-state index contributed by atoms with van der Waals surface area (Å²) in [4.78, 5) is 10.3. The van der Waals surface area contributed by atoms with Gasteiger partial charge in [-0.1, -0.05) is 17.2 Å². The zero-order valence-corrected chi connectivity index (χ0v) is 11.8. The summed E-state index contributed by atoms with van der Waals surface area (Å²) in [6.07, 6.45) is 7.54. The molecular weight excluding hydrogens is 228 g/mol. The first kappa shape index (κ1) is 15.0. The van der Waals surface area contributed by atoms with Gasteiger partial charge in [0.25, 0.3) is 0 Å². The molecule has 0 aromatic carbocycles. The topological polar surface area (TPSA) is 52.7 Å². The first-order valence-corrected chi connectivity index (χ1v) is 6.53. The van der Waals surface area contributed by atoms with E-state index in [9.17, 15) is 9.90 Å². The Labute approximate surface area is 110 Å². The van der Waals surface area contributed by atoms with Crippen LogP contribution >= 0.6 is 0 Å². The van der Waals surface area contributed by atoms with Crippen LogP contribution in [0.1, 0.15) is 53.4 Å². The second kappa shape index (κ2) is 6.19. The summed E-state index contributed by atoms with van der Waals surface area (Å²) >= 11 is 0. The number of hydrogen-bond donors (Lipinski definition) is 0. The number of carboxylic acid groups (broad SMARTS) is 1. The molecule has 1 heterocycles. The molecule has 3 heteroatoms. The Kier molecular flexibility index (Phi) is 5.15. The highest BCUT2D eigenvalue weighted by atomic mass is 16.6. The van der Waals surface area contributed by atoms with E-state index in [1.165, 1.54) is 11.6 Å². The maximum Gasteiger partial charge on any atom is 0.0892 e. The third-order valence-electron chi connectivity index (χ3n) is 3.36. The summed E-state index contributed by atoms with van der Waals surface area (Å²) in [5.74, 6) is -1.11. The number of allylic oxidation sites excluding steroid dienone is 3. The number of carbonyl (C=O) groups is 1. The van der Waals surface area contributed by atoms with E-state index in [4.69, 9.17) is 4.74 Å². The summed E-state index contributed by atoms with van der Waals surface area (Å²) in [7, 11) is 0. The molecule has 0 unspecified atom stereocenters. The quantitative estimate of drug-likeness (QED) is 0.396. The normalized spacial score (nSPS) is 23.0. The molecule has 1 aliphatic rings. The molecule has 0 aromatic rings. The molecule has 0 aliphatic carbocycles. The van der Waals surface area contributed by atoms with Gasteiger partial charge >= 0.3 is 0 Å². The van der Waals surface area contributed by atoms with Crippen LogP contribution in [0.15, 0.2) is 23.3 Å². The Morgan fingerprint density at radius 2 is 1.89 bits per heavy atom. The van der Waals surface area contributed by atoms with Crippen molar-refractivity contribution in [3.05, 3.63) is 23.3 Å². The van der Waals surface area contributed by atoms with E-state index in [1.54, 1.807) is 0 Å². The van der Waals surface area contributed by atoms with Gasteiger partial charge in [-0.05, 0) is 59.5 Å². The number of rotatable bonds is 7. The fourth-order valence-electron chi connectivity index (χ4n) is 2.02. The molecule has 1 fully saturated rings. The second-order valence-electron chi connectivity index (χ2n) is 5.65. The van der Waals surface area contributed by atoms with Crippen LogP contribution in [0.4, 0.5) is 0 Å². The van der Waals surface area contributed by atoms with Gasteiger partial charge in [-0.25, -0.2) is 0 Å². The Balaban J connectivity index is 2.20. The van der Waals surface area contributed by atoms with Crippen molar-refractivity contribution in [3.8, 4) is 0 Å². The van der Waals surface area contributed by atoms with Crippen molar-refractivity contribution >= 4 is 5.97 Å². The predicted molar refractivity (Wildman–Crippen MR) is 69.9 cm³/mol. The lowest BCUT2D eigenvalue weighted by Gasteiger charge is -2.02. The van der Waals surface area contributed by atoms with Crippen LogP contribution in [0.5, 0.6) is 0 Å². The largest absolute Gasteiger partial charge is 0.545 e. The lowest BCUT2D eigenvalue weighted by Crippen LogP contribution is -2.19. The Bertz CT molecular complexity index is 364. The minimum absolute atomic E-state index is 0.0775. The predicted octanol–water partition coefficient (Wildman–Crippen LogP) is 2.37. The third kappa shape index (κ3) is 5.50. The SMILES string of the molecule is C/C(=C\C(=O)[O-])CC/C=C(\C)CC[C@H]1OC1(C)C. The number of epoxide rings is 1. The van der Waals surface area contributed by atoms with Crippen LogP contribution in [-0.2, 0) is 9.53 Å². The van der Waals surface area contributed by atoms with Crippen molar-refractivity contribution in [2.75, 3.05) is 0 Å². The van der Waals surface area contributed by atoms with E-state index >= 15 is 0 Å². The van der Waals surface area contributed by atoms with Crippen molar-refractivity contribution < 1.29 is 14.6 Å². The van der Waals surface area contributed by atoms with E-state index in [-0.39, 0.29) is 5.60 Å². The van der Waals surface area contributed by atoms with Gasteiger partial charge in [0.2, 0.25) is 0 Å². The van der Waals surface area contributed by atoms with Crippen molar-refractivity contribution in [2.24, 2.45) is 0 Å². The maximum absolute atomic E-state index is 10.3. The van der Waals surface area contributed by atoms with E-state index < -0.39 is 5.97 Å². The average Bonchev–Trinajstić information content (AvgIpc) is 2.82. The van der Waals surface area contributed by atoms with Crippen molar-refractivity contribution in [2.45, 2.75) is 65.1 Å². The summed E-state index contributed by atoms with van der Waals surface area (Å²) < 4.78 is 5.53. The first-order chi connectivity index (χ1) is 8.31. The van der Waals surface area contributed by atoms with Gasteiger partial charge in [0, 0.05) is 0 Å². The molecule has 0 amide bonds. The summed E-state index contributed by atoms with van der Waals surface area (Å²) in [6.45, 7) is 8.17. The smallest absolute Gasteiger partial charge is 0.0892 e. The number of carbonyl (C=O) groups excluding carboxylic acids is 1. The van der Waals surface area contributed by atoms with Crippen molar-refractivity contribution in [1.82, 2.24) is 0 Å². The molecule has 1 aliphatic heterocycles. The molecule has 0 N–H and O–H groups in total. The zero-order chi connectivity index (χ0) is 13.8. The lowest BCUT2D eigenvalue weighted by atomic mass is 10.0. The lowest BCUT2D eigenvalue weighted by molar-refractivity contribution is -0.297. The second-order valence-corrected chi connectivity index (χ2v) is 5.65. The monoisotopic (exact) mass is 251 g/mol. The molecule has 0 radical (unpaired) electrons. The fraction of sp³-hybridized carbons (Fsp3) is 0.667. The van der Waals surface area contributed by atoms with Gasteiger partial charge in [0.15, 0.2) is 0 Å². The summed E-state index contributed by atoms with van der Waals surface area (Å²) in [6, 6.07) is 0. The first-order valence-electron chi connectivity index (χ1n) is 6.53. The van der Waals surface area contributed by atoms with Crippen LogP contribution in [-0.4, -0.2) is 17.7 Å². The highest BCUT2D eigenvalue weighted by molar-refractivity contribution is 5.78. The van der Waals surface area contributed by atoms with Crippen LogP contribution in [0.3, 0.4) is 0 Å². The zero-order valence-electron chi connectivity index (χ0n) is 11.8. The number of hydrogen-bond acceptors (Lipinski definition) is 3. The number of ether oxygens (including phenoxy) is 1. The minimum Gasteiger partial charge on any atom is -0.545 e. The van der Waals surface area contributed by atoms with Crippen LogP contribution < -0.4 is 5.11 Å². The van der Waals surface area contributed by atoms with Gasteiger partial charge < -0.3 is 14.6 Å². The van der Waals surface area contributed by atoms with Gasteiger partial charge in [0.1, 0.15) is 0 Å². The van der Waals surface area contributed by atoms with E-state index in [1.807, 2.05) is 6.92 Å². The molecule has 18 heavy (non-hydrogen) atoms. The molecule has 1 atom stereocenters. The highest BCUT2D eigenvalue weighted by Crippen LogP contribution is 2.38. The van der Waals surface area contributed by atoms with Crippen LogP contribution in [0.25, 0.3) is 0 Å². The Hall–Kier alpha value is -1.09. The van der Waals surface area contributed by atoms with Gasteiger partial charge in [0.05, 0.1) is 17.7 Å². The average molecular weight is 251 g/mol. The van der Waals surface area contributed by atoms with Gasteiger partial charge in [-0.3, -0.25) is 0 Å². The van der Waals surface area contributed by atoms with E-state index in [0.29, 0.717) is 6.10 Å². The molecule has 1 rings (SSSR count). The van der Waals surface area contributed by atoms with Crippen molar-refractivity contribution in [3.63, 3.8) is 0 Å². The molecule has 3 nitrogen and oxygen atoms in total. The van der Waals surface area contributed by atoms with E-state index in [0.717, 1.165) is 31.3 Å². The Morgan fingerprint density at radius 3 is 2.39 bits per heavy atom. The minimum atomic E-state index is -1.11. The van der Waals surface area contributed by atoms with E-state index in [2.05, 4.69) is 26.8 Å². The standard InChI is InChI=1S/C15H24O3/c1-11(8-9-13-15(3,4)18-13)6-5-7-12(2)10-14(16)17/h6,10,13H,5,7-9H2,1-4H3,(H,16,17)/p-1/b11-6+,12-10+/t13-/m1/s1.